The van der Waals surface area contributed by atoms with Crippen LogP contribution in [-0.2, 0) is 14.4 Å². The largest absolute Gasteiger partial charge is 0.490 e. The van der Waals surface area contributed by atoms with Crippen molar-refractivity contribution in [1.29, 1.82) is 0 Å². The van der Waals surface area contributed by atoms with Crippen LogP contribution in [0.4, 0.5) is 11.4 Å². The molecule has 3 aromatic carbocycles. The number of benzene rings is 3. The van der Waals surface area contributed by atoms with Gasteiger partial charge in [-0.15, -0.1) is 0 Å². The highest BCUT2D eigenvalue weighted by atomic mass is 127. The average molecular weight is 583 g/mol. The Morgan fingerprint density at radius 3 is 2.40 bits per heavy atom. The molecule has 0 spiro atoms. The van der Waals surface area contributed by atoms with E-state index in [4.69, 9.17) is 9.47 Å². The van der Waals surface area contributed by atoms with E-state index in [1.54, 1.807) is 48.5 Å². The summed E-state index contributed by atoms with van der Waals surface area (Å²) in [7, 11) is 0. The molecule has 0 unspecified atom stereocenters. The molecule has 3 aromatic rings. The minimum atomic E-state index is -0.496. The minimum Gasteiger partial charge on any atom is -0.490 e. The molecule has 2 N–H and O–H groups in total. The van der Waals surface area contributed by atoms with Gasteiger partial charge in [-0.25, -0.2) is 5.01 Å². The third kappa shape index (κ3) is 5.80. The third-order valence-electron chi connectivity index (χ3n) is 4.95. The number of amides is 3. The maximum atomic E-state index is 12.9. The second-order valence-corrected chi connectivity index (χ2v) is 8.60. The highest BCUT2D eigenvalue weighted by Crippen LogP contribution is 2.35. The summed E-state index contributed by atoms with van der Waals surface area (Å²) in [6.07, 6.45) is 1.51. The van der Waals surface area contributed by atoms with Crippen molar-refractivity contribution in [2.24, 2.45) is 0 Å². The molecular weight excluding hydrogens is 561 g/mol. The molecule has 0 bridgehead atoms. The molecule has 35 heavy (non-hydrogen) atoms. The molecular formula is C26H22IN3O5. The van der Waals surface area contributed by atoms with Crippen LogP contribution >= 0.6 is 22.6 Å². The Morgan fingerprint density at radius 1 is 1.03 bits per heavy atom. The van der Waals surface area contributed by atoms with Crippen molar-refractivity contribution in [1.82, 2.24) is 5.43 Å². The summed E-state index contributed by atoms with van der Waals surface area (Å²) in [5, 5.41) is 3.98. The number of hydrazine groups is 1. The summed E-state index contributed by atoms with van der Waals surface area (Å²) in [5.74, 6) is -0.442. The Kier molecular flexibility index (Phi) is 7.66. The van der Waals surface area contributed by atoms with E-state index in [-0.39, 0.29) is 18.1 Å². The van der Waals surface area contributed by atoms with E-state index in [0.29, 0.717) is 38.6 Å². The van der Waals surface area contributed by atoms with Crippen LogP contribution in [0.3, 0.4) is 0 Å². The standard InChI is InChI=1S/C26H22IN3O5/c1-2-34-22-15-17(13-20-25(32)29-30(26(20)33)19-11-7-4-8-12-19)14-21(27)24(22)35-16-23(31)28-18-9-5-3-6-10-18/h3-15H,2,16H2,1H3,(H,28,31)(H,29,32)/b20-13-. The molecule has 1 aliphatic rings. The van der Waals surface area contributed by atoms with E-state index >= 15 is 0 Å². The Labute approximate surface area is 216 Å². The first-order chi connectivity index (χ1) is 17.0. The molecule has 0 radical (unpaired) electrons. The quantitative estimate of drug-likeness (QED) is 0.236. The topological polar surface area (TPSA) is 97.0 Å². The lowest BCUT2D eigenvalue weighted by molar-refractivity contribution is -0.118. The highest BCUT2D eigenvalue weighted by molar-refractivity contribution is 14.1. The van der Waals surface area contributed by atoms with Crippen molar-refractivity contribution in [2.45, 2.75) is 6.92 Å². The second kappa shape index (κ2) is 11.0. The maximum absolute atomic E-state index is 12.9. The van der Waals surface area contributed by atoms with E-state index < -0.39 is 11.8 Å². The number of nitrogens with one attached hydrogen (secondary N) is 2. The normalized spacial score (nSPS) is 14.1. The summed E-state index contributed by atoms with van der Waals surface area (Å²) in [6, 6.07) is 21.4. The van der Waals surface area contributed by atoms with Gasteiger partial charge in [-0.3, -0.25) is 19.8 Å². The zero-order valence-corrected chi connectivity index (χ0v) is 20.9. The zero-order chi connectivity index (χ0) is 24.8. The average Bonchev–Trinajstić information content (AvgIpc) is 3.13. The zero-order valence-electron chi connectivity index (χ0n) is 18.8. The minimum absolute atomic E-state index is 0.00279. The van der Waals surface area contributed by atoms with Gasteiger partial charge < -0.3 is 14.8 Å². The van der Waals surface area contributed by atoms with Gasteiger partial charge in [-0.1, -0.05) is 36.4 Å². The SMILES string of the molecule is CCOc1cc(/C=C2/C(=O)NN(c3ccccc3)C2=O)cc(I)c1OCC(=O)Nc1ccccc1. The number of anilines is 2. The molecule has 3 amide bonds. The Morgan fingerprint density at radius 2 is 1.71 bits per heavy atom. The molecule has 1 heterocycles. The monoisotopic (exact) mass is 583 g/mol. The first kappa shape index (κ1) is 24.3. The number of ether oxygens (including phenoxy) is 2. The van der Waals surface area contributed by atoms with E-state index in [1.807, 2.05) is 31.2 Å². The van der Waals surface area contributed by atoms with Gasteiger partial charge in [0.1, 0.15) is 5.57 Å². The number of carbonyl (C=O) groups excluding carboxylic acids is 3. The number of nitrogens with zero attached hydrogens (tertiary/aromatic N) is 1. The number of halogens is 1. The molecule has 178 valence electrons. The predicted octanol–water partition coefficient (Wildman–Crippen LogP) is 4.17. The molecule has 0 aliphatic carbocycles. The molecule has 1 aliphatic heterocycles. The molecule has 1 fully saturated rings. The highest BCUT2D eigenvalue weighted by Gasteiger charge is 2.34. The van der Waals surface area contributed by atoms with E-state index in [0.717, 1.165) is 0 Å². The van der Waals surface area contributed by atoms with Crippen LogP contribution in [0.5, 0.6) is 11.5 Å². The van der Waals surface area contributed by atoms with Crippen molar-refractivity contribution in [3.8, 4) is 11.5 Å². The molecule has 9 heteroatoms. The van der Waals surface area contributed by atoms with Crippen molar-refractivity contribution < 1.29 is 23.9 Å². The fourth-order valence-electron chi connectivity index (χ4n) is 3.41. The van der Waals surface area contributed by atoms with Gasteiger partial charge in [0, 0.05) is 5.69 Å². The van der Waals surface area contributed by atoms with E-state index in [9.17, 15) is 14.4 Å². The number of rotatable bonds is 8. The van der Waals surface area contributed by atoms with E-state index in [2.05, 4.69) is 33.3 Å². The van der Waals surface area contributed by atoms with E-state index in [1.165, 1.54) is 11.1 Å². The Hall–Kier alpha value is -3.86. The van der Waals surface area contributed by atoms with Crippen LogP contribution < -0.4 is 25.2 Å². The number of hydrogen-bond donors (Lipinski definition) is 2. The fraction of sp³-hybridized carbons (Fsp3) is 0.115. The van der Waals surface area contributed by atoms with Gasteiger partial charge in [0.05, 0.1) is 15.9 Å². The first-order valence-electron chi connectivity index (χ1n) is 10.8. The van der Waals surface area contributed by atoms with Gasteiger partial charge in [-0.05, 0) is 77.6 Å². The van der Waals surface area contributed by atoms with Gasteiger partial charge in [0.2, 0.25) is 0 Å². The van der Waals surface area contributed by atoms with Crippen molar-refractivity contribution in [3.63, 3.8) is 0 Å². The smallest absolute Gasteiger partial charge is 0.282 e. The maximum Gasteiger partial charge on any atom is 0.282 e. The first-order valence-corrected chi connectivity index (χ1v) is 11.9. The summed E-state index contributed by atoms with van der Waals surface area (Å²) in [6.45, 7) is 1.98. The summed E-state index contributed by atoms with van der Waals surface area (Å²) in [4.78, 5) is 37.7. The number of para-hydroxylation sites is 2. The fourth-order valence-corrected chi connectivity index (χ4v) is 4.19. The van der Waals surface area contributed by atoms with Crippen LogP contribution in [0.1, 0.15) is 12.5 Å². The van der Waals surface area contributed by atoms with Gasteiger partial charge >= 0.3 is 0 Å². The molecule has 4 rings (SSSR count). The molecule has 0 aromatic heterocycles. The summed E-state index contributed by atoms with van der Waals surface area (Å²) >= 11 is 2.07. The van der Waals surface area contributed by atoms with Crippen LogP contribution in [0.25, 0.3) is 6.08 Å². The Bertz CT molecular complexity index is 1280. The van der Waals surface area contributed by atoms with Gasteiger partial charge in [0.15, 0.2) is 18.1 Å². The lowest BCUT2D eigenvalue weighted by atomic mass is 10.1. The van der Waals surface area contributed by atoms with Crippen LogP contribution in [0.2, 0.25) is 0 Å². The molecule has 0 atom stereocenters. The predicted molar refractivity (Wildman–Crippen MR) is 141 cm³/mol. The molecule has 1 saturated heterocycles. The van der Waals surface area contributed by atoms with Gasteiger partial charge in [0.25, 0.3) is 17.7 Å². The third-order valence-corrected chi connectivity index (χ3v) is 5.76. The second-order valence-electron chi connectivity index (χ2n) is 7.44. The van der Waals surface area contributed by atoms with Crippen LogP contribution in [0, 0.1) is 3.57 Å². The Balaban J connectivity index is 1.53. The van der Waals surface area contributed by atoms with Crippen molar-refractivity contribution >= 4 is 57.8 Å². The molecule has 8 nitrogen and oxygen atoms in total. The lowest BCUT2D eigenvalue weighted by Gasteiger charge is -2.15. The van der Waals surface area contributed by atoms with Crippen LogP contribution in [-0.4, -0.2) is 30.9 Å². The lowest BCUT2D eigenvalue weighted by Crippen LogP contribution is -2.35. The van der Waals surface area contributed by atoms with Crippen molar-refractivity contribution in [3.05, 3.63) is 87.5 Å². The van der Waals surface area contributed by atoms with Gasteiger partial charge in [-0.2, -0.15) is 0 Å². The molecule has 0 saturated carbocycles. The van der Waals surface area contributed by atoms with Crippen LogP contribution in [0.15, 0.2) is 78.4 Å². The number of hydrogen-bond acceptors (Lipinski definition) is 5. The van der Waals surface area contributed by atoms with Crippen molar-refractivity contribution in [2.75, 3.05) is 23.5 Å². The number of carbonyl (C=O) groups is 3. The summed E-state index contributed by atoms with van der Waals surface area (Å²) < 4.78 is 12.2. The summed E-state index contributed by atoms with van der Waals surface area (Å²) in [5.41, 5.74) is 4.42.